The Morgan fingerprint density at radius 1 is 1.47 bits per heavy atom. The van der Waals surface area contributed by atoms with E-state index in [1.54, 1.807) is 13.3 Å². The second-order valence-corrected chi connectivity index (χ2v) is 4.09. The molecule has 1 aromatic rings. The number of nitrogens with zero attached hydrogens (tertiary/aromatic N) is 2. The summed E-state index contributed by atoms with van der Waals surface area (Å²) in [7, 11) is 3.87. The maximum atomic E-state index is 5.31. The molecule has 0 saturated carbocycles. The van der Waals surface area contributed by atoms with E-state index in [9.17, 15) is 0 Å². The van der Waals surface area contributed by atoms with Gasteiger partial charge in [0.15, 0.2) is 0 Å². The lowest BCUT2D eigenvalue weighted by Gasteiger charge is -2.33. The zero-order chi connectivity index (χ0) is 10.7. The SMILES string of the molecule is COc1ncccc1[C@H]1CCCCN1C. The highest BCUT2D eigenvalue weighted by molar-refractivity contribution is 5.29. The minimum atomic E-state index is 0.474. The predicted molar refractivity (Wildman–Crippen MR) is 60.0 cm³/mol. The van der Waals surface area contributed by atoms with E-state index in [2.05, 4.69) is 23.0 Å². The molecule has 15 heavy (non-hydrogen) atoms. The molecule has 0 radical (unpaired) electrons. The van der Waals surface area contributed by atoms with Crippen molar-refractivity contribution in [3.8, 4) is 5.88 Å². The first-order chi connectivity index (χ1) is 7.33. The van der Waals surface area contributed by atoms with Gasteiger partial charge in [0.25, 0.3) is 0 Å². The average molecular weight is 206 g/mol. The molecule has 1 aliphatic heterocycles. The van der Waals surface area contributed by atoms with Crippen molar-refractivity contribution < 1.29 is 4.74 Å². The van der Waals surface area contributed by atoms with Crippen LogP contribution in [0.1, 0.15) is 30.9 Å². The monoisotopic (exact) mass is 206 g/mol. The molecule has 1 saturated heterocycles. The zero-order valence-corrected chi connectivity index (χ0v) is 9.44. The van der Waals surface area contributed by atoms with Crippen molar-refractivity contribution in [1.29, 1.82) is 0 Å². The first-order valence-electron chi connectivity index (χ1n) is 5.52. The van der Waals surface area contributed by atoms with Crippen LogP contribution < -0.4 is 4.74 Å². The molecule has 2 rings (SSSR count). The maximum absolute atomic E-state index is 5.31. The topological polar surface area (TPSA) is 25.4 Å². The van der Waals surface area contributed by atoms with Crippen LogP contribution >= 0.6 is 0 Å². The standard InChI is InChI=1S/C12H18N2O/c1-14-9-4-3-7-11(14)10-6-5-8-13-12(10)15-2/h5-6,8,11H,3-4,7,9H2,1-2H3/t11-/m1/s1. The van der Waals surface area contributed by atoms with Crippen molar-refractivity contribution in [2.45, 2.75) is 25.3 Å². The Morgan fingerprint density at radius 2 is 2.33 bits per heavy atom. The molecule has 0 aliphatic carbocycles. The second-order valence-electron chi connectivity index (χ2n) is 4.09. The lowest BCUT2D eigenvalue weighted by Crippen LogP contribution is -2.29. The minimum absolute atomic E-state index is 0.474. The van der Waals surface area contributed by atoms with E-state index < -0.39 is 0 Å². The fourth-order valence-corrected chi connectivity index (χ4v) is 2.30. The molecular formula is C12H18N2O. The van der Waals surface area contributed by atoms with Crippen molar-refractivity contribution in [2.75, 3.05) is 20.7 Å². The summed E-state index contributed by atoms with van der Waals surface area (Å²) in [5.74, 6) is 0.774. The Morgan fingerprint density at radius 3 is 3.07 bits per heavy atom. The van der Waals surface area contributed by atoms with Crippen LogP contribution in [0.3, 0.4) is 0 Å². The summed E-state index contributed by atoms with van der Waals surface area (Å²) in [5, 5.41) is 0. The Hall–Kier alpha value is -1.09. The highest BCUT2D eigenvalue weighted by atomic mass is 16.5. The van der Waals surface area contributed by atoms with E-state index in [4.69, 9.17) is 4.74 Å². The molecule has 1 aliphatic rings. The molecule has 0 N–H and O–H groups in total. The fourth-order valence-electron chi connectivity index (χ4n) is 2.30. The van der Waals surface area contributed by atoms with E-state index in [0.29, 0.717) is 6.04 Å². The Labute approximate surface area is 91.1 Å². The number of likely N-dealkylation sites (tertiary alicyclic amines) is 1. The first kappa shape index (κ1) is 10.4. The summed E-state index contributed by atoms with van der Waals surface area (Å²) in [6, 6.07) is 4.58. The van der Waals surface area contributed by atoms with Crippen LogP contribution in [-0.4, -0.2) is 30.6 Å². The van der Waals surface area contributed by atoms with E-state index in [-0.39, 0.29) is 0 Å². The molecule has 1 atom stereocenters. The molecular weight excluding hydrogens is 188 g/mol. The van der Waals surface area contributed by atoms with Gasteiger partial charge in [0, 0.05) is 17.8 Å². The van der Waals surface area contributed by atoms with Crippen molar-refractivity contribution in [3.05, 3.63) is 23.9 Å². The van der Waals surface area contributed by atoms with Crippen LogP contribution in [-0.2, 0) is 0 Å². The van der Waals surface area contributed by atoms with Gasteiger partial charge in [0.05, 0.1) is 7.11 Å². The third kappa shape index (κ3) is 2.12. The normalized spacial score (nSPS) is 22.7. The number of hydrogen-bond acceptors (Lipinski definition) is 3. The van der Waals surface area contributed by atoms with Crippen LogP contribution in [0, 0.1) is 0 Å². The quantitative estimate of drug-likeness (QED) is 0.742. The third-order valence-electron chi connectivity index (χ3n) is 3.12. The highest BCUT2D eigenvalue weighted by Gasteiger charge is 2.23. The van der Waals surface area contributed by atoms with E-state index >= 15 is 0 Å². The van der Waals surface area contributed by atoms with E-state index in [1.165, 1.54) is 31.4 Å². The second kappa shape index (κ2) is 4.62. The summed E-state index contributed by atoms with van der Waals surface area (Å²) in [6.07, 6.45) is 5.59. The van der Waals surface area contributed by atoms with Gasteiger partial charge in [-0.1, -0.05) is 12.5 Å². The highest BCUT2D eigenvalue weighted by Crippen LogP contribution is 2.33. The first-order valence-corrected chi connectivity index (χ1v) is 5.52. The molecule has 0 spiro atoms. The van der Waals surface area contributed by atoms with Gasteiger partial charge < -0.3 is 4.74 Å². The smallest absolute Gasteiger partial charge is 0.217 e. The van der Waals surface area contributed by atoms with Crippen LogP contribution in [0.25, 0.3) is 0 Å². The number of methoxy groups -OCH3 is 1. The molecule has 2 heterocycles. The van der Waals surface area contributed by atoms with Gasteiger partial charge in [-0.2, -0.15) is 0 Å². The number of piperidine rings is 1. The van der Waals surface area contributed by atoms with Crippen molar-refractivity contribution in [3.63, 3.8) is 0 Å². The molecule has 0 unspecified atom stereocenters. The lowest BCUT2D eigenvalue weighted by molar-refractivity contribution is 0.183. The van der Waals surface area contributed by atoms with Gasteiger partial charge in [0.2, 0.25) is 5.88 Å². The Bertz CT molecular complexity index is 327. The zero-order valence-electron chi connectivity index (χ0n) is 9.44. The summed E-state index contributed by atoms with van der Waals surface area (Å²) in [5.41, 5.74) is 1.22. The molecule has 3 nitrogen and oxygen atoms in total. The Kier molecular flexibility index (Phi) is 3.21. The number of pyridine rings is 1. The predicted octanol–water partition coefficient (Wildman–Crippen LogP) is 2.25. The van der Waals surface area contributed by atoms with Gasteiger partial charge in [-0.3, -0.25) is 4.90 Å². The van der Waals surface area contributed by atoms with E-state index in [0.717, 1.165) is 5.88 Å². The molecule has 1 aromatic heterocycles. The van der Waals surface area contributed by atoms with E-state index in [1.807, 2.05) is 6.07 Å². The Balaban J connectivity index is 2.26. The number of ether oxygens (including phenoxy) is 1. The van der Waals surface area contributed by atoms with Gasteiger partial charge in [0.1, 0.15) is 0 Å². The summed E-state index contributed by atoms with van der Waals surface area (Å²) >= 11 is 0. The van der Waals surface area contributed by atoms with Crippen LogP contribution in [0.2, 0.25) is 0 Å². The van der Waals surface area contributed by atoms with Crippen molar-refractivity contribution in [2.24, 2.45) is 0 Å². The summed E-state index contributed by atoms with van der Waals surface area (Å²) < 4.78 is 5.31. The minimum Gasteiger partial charge on any atom is -0.481 e. The molecule has 0 aromatic carbocycles. The van der Waals surface area contributed by atoms with Crippen molar-refractivity contribution in [1.82, 2.24) is 9.88 Å². The van der Waals surface area contributed by atoms with Gasteiger partial charge in [-0.15, -0.1) is 0 Å². The van der Waals surface area contributed by atoms with Crippen LogP contribution in [0.4, 0.5) is 0 Å². The molecule has 3 heteroatoms. The van der Waals surface area contributed by atoms with Crippen LogP contribution in [0.5, 0.6) is 5.88 Å². The summed E-state index contributed by atoms with van der Waals surface area (Å²) in [6.45, 7) is 1.17. The molecule has 0 amide bonds. The van der Waals surface area contributed by atoms with Gasteiger partial charge in [-0.25, -0.2) is 4.98 Å². The number of rotatable bonds is 2. The lowest BCUT2D eigenvalue weighted by atomic mass is 9.97. The molecule has 82 valence electrons. The number of hydrogen-bond donors (Lipinski definition) is 0. The molecule has 1 fully saturated rings. The third-order valence-corrected chi connectivity index (χ3v) is 3.12. The number of aromatic nitrogens is 1. The van der Waals surface area contributed by atoms with Gasteiger partial charge >= 0.3 is 0 Å². The largest absolute Gasteiger partial charge is 0.481 e. The average Bonchev–Trinajstić information content (AvgIpc) is 2.30. The summed E-state index contributed by atoms with van der Waals surface area (Å²) in [4.78, 5) is 6.65. The van der Waals surface area contributed by atoms with Crippen LogP contribution in [0.15, 0.2) is 18.3 Å². The molecule has 0 bridgehead atoms. The van der Waals surface area contributed by atoms with Gasteiger partial charge in [-0.05, 0) is 32.5 Å². The van der Waals surface area contributed by atoms with Crippen molar-refractivity contribution >= 4 is 0 Å². The maximum Gasteiger partial charge on any atom is 0.217 e. The fraction of sp³-hybridized carbons (Fsp3) is 0.583.